The van der Waals surface area contributed by atoms with E-state index in [9.17, 15) is 15.0 Å². The third-order valence-electron chi connectivity index (χ3n) is 6.85. The minimum Gasteiger partial charge on any atom is -0.506 e. The first-order valence-electron chi connectivity index (χ1n) is 13.5. The second-order valence-corrected chi connectivity index (χ2v) is 10.2. The number of hydrogen-bond acceptors (Lipinski definition) is 6. The Kier molecular flexibility index (Phi) is 8.89. The summed E-state index contributed by atoms with van der Waals surface area (Å²) in [5.74, 6) is 0.774. The molecule has 0 saturated heterocycles. The first-order chi connectivity index (χ1) is 19.9. The number of aliphatic hydroxyl groups excluding tert-OH is 1. The minimum atomic E-state index is -0.789. The van der Waals surface area contributed by atoms with Gasteiger partial charge >= 0.3 is 0 Å². The second-order valence-electron chi connectivity index (χ2n) is 9.73. The van der Waals surface area contributed by atoms with Crippen molar-refractivity contribution in [1.29, 1.82) is 0 Å². The predicted molar refractivity (Wildman–Crippen MR) is 166 cm³/mol. The summed E-state index contributed by atoms with van der Waals surface area (Å²) in [5.41, 5.74) is 5.73. The molecule has 0 radical (unpaired) electrons. The number of aromatic nitrogens is 1. The quantitative estimate of drug-likeness (QED) is 0.115. The van der Waals surface area contributed by atoms with Gasteiger partial charge in [0.05, 0.1) is 18.2 Å². The first kappa shape index (κ1) is 28.2. The van der Waals surface area contributed by atoms with Gasteiger partial charge in [-0.2, -0.15) is 0 Å². The Bertz CT molecular complexity index is 1700. The molecule has 0 aliphatic heterocycles. The summed E-state index contributed by atoms with van der Waals surface area (Å²) < 4.78 is 5.80. The zero-order valence-electron chi connectivity index (χ0n) is 22.7. The summed E-state index contributed by atoms with van der Waals surface area (Å²) in [6.07, 6.45) is 0.00375. The Morgan fingerprint density at radius 2 is 1.78 bits per heavy atom. The number of nitrogens with one attached hydrogen (secondary N) is 3. The number of aromatic hydroxyl groups is 1. The molecule has 0 bridgehead atoms. The average molecular weight is 570 g/mol. The lowest BCUT2D eigenvalue weighted by atomic mass is 10.0. The van der Waals surface area contributed by atoms with Crippen LogP contribution in [0.1, 0.15) is 24.2 Å². The summed E-state index contributed by atoms with van der Waals surface area (Å²) in [6, 6.07) is 28.2. The van der Waals surface area contributed by atoms with Gasteiger partial charge in [-0.3, -0.25) is 4.79 Å². The molecule has 0 aliphatic rings. The van der Waals surface area contributed by atoms with Gasteiger partial charge in [-0.1, -0.05) is 41.9 Å². The number of ether oxygens (including phenoxy) is 1. The van der Waals surface area contributed by atoms with Crippen LogP contribution in [0.25, 0.3) is 22.0 Å². The van der Waals surface area contributed by atoms with Crippen LogP contribution in [0.3, 0.4) is 0 Å². The van der Waals surface area contributed by atoms with Crippen molar-refractivity contribution in [3.05, 3.63) is 117 Å². The van der Waals surface area contributed by atoms with E-state index in [0.717, 1.165) is 34.7 Å². The van der Waals surface area contributed by atoms with E-state index in [1.807, 2.05) is 55.5 Å². The number of benzene rings is 4. The average Bonchev–Trinajstić information content (AvgIpc) is 2.97. The third kappa shape index (κ3) is 6.89. The van der Waals surface area contributed by atoms with Gasteiger partial charge in [-0.25, -0.2) is 0 Å². The highest BCUT2D eigenvalue weighted by molar-refractivity contribution is 6.31. The van der Waals surface area contributed by atoms with E-state index in [4.69, 9.17) is 16.3 Å². The Morgan fingerprint density at radius 3 is 2.59 bits per heavy atom. The number of hydrogen-bond donors (Lipinski definition) is 5. The van der Waals surface area contributed by atoms with Crippen molar-refractivity contribution in [1.82, 2.24) is 10.3 Å². The minimum absolute atomic E-state index is 0.0240. The van der Waals surface area contributed by atoms with Crippen molar-refractivity contribution in [2.24, 2.45) is 0 Å². The summed E-state index contributed by atoms with van der Waals surface area (Å²) in [6.45, 7) is 3.56. The van der Waals surface area contributed by atoms with Gasteiger partial charge in [0.1, 0.15) is 11.5 Å². The van der Waals surface area contributed by atoms with Crippen molar-refractivity contribution in [2.75, 3.05) is 25.0 Å². The van der Waals surface area contributed by atoms with E-state index in [2.05, 4.69) is 33.8 Å². The van der Waals surface area contributed by atoms with E-state index in [1.165, 1.54) is 17.7 Å². The second kappa shape index (κ2) is 12.9. The smallest absolute Gasteiger partial charge is 0.248 e. The molecule has 7 nitrogen and oxygen atoms in total. The normalized spacial score (nSPS) is 11.9. The highest BCUT2D eigenvalue weighted by Crippen LogP contribution is 2.34. The van der Waals surface area contributed by atoms with E-state index in [0.29, 0.717) is 41.2 Å². The zero-order chi connectivity index (χ0) is 28.8. The molecule has 5 rings (SSSR count). The molecule has 0 fully saturated rings. The molecule has 0 unspecified atom stereocenters. The number of aromatic amines is 1. The number of halogens is 1. The van der Waals surface area contributed by atoms with Gasteiger partial charge < -0.3 is 30.6 Å². The molecule has 5 N–H and O–H groups in total. The number of H-pyrrole nitrogens is 1. The Labute approximate surface area is 243 Å². The zero-order valence-corrected chi connectivity index (χ0v) is 23.4. The summed E-state index contributed by atoms with van der Waals surface area (Å²) in [5, 5.41) is 28.8. The van der Waals surface area contributed by atoms with Crippen LogP contribution in [-0.2, 0) is 6.42 Å². The molecule has 5 aromatic rings. The lowest BCUT2D eigenvalue weighted by molar-refractivity contribution is 0.176. The highest BCUT2D eigenvalue weighted by atomic mass is 35.5. The lowest BCUT2D eigenvalue weighted by Crippen LogP contribution is -2.24. The summed E-state index contributed by atoms with van der Waals surface area (Å²) in [4.78, 5) is 14.3. The molecule has 0 spiro atoms. The molecular weight excluding hydrogens is 538 g/mol. The van der Waals surface area contributed by atoms with Crippen LogP contribution in [0.15, 0.2) is 95.8 Å². The molecule has 1 heterocycles. The van der Waals surface area contributed by atoms with Gasteiger partial charge in [0.25, 0.3) is 0 Å². The molecule has 41 heavy (non-hydrogen) atoms. The number of anilines is 2. The molecule has 1 aromatic heterocycles. The number of phenols is 1. The number of fused-ring (bicyclic) bond motifs is 1. The van der Waals surface area contributed by atoms with Gasteiger partial charge in [-0.05, 0) is 91.2 Å². The van der Waals surface area contributed by atoms with Crippen LogP contribution in [0.4, 0.5) is 11.4 Å². The topological polar surface area (TPSA) is 107 Å². The van der Waals surface area contributed by atoms with E-state index in [-0.39, 0.29) is 11.3 Å². The van der Waals surface area contributed by atoms with E-state index in [1.54, 1.807) is 12.1 Å². The fraction of sp³-hybridized carbons (Fsp3) is 0.182. The largest absolute Gasteiger partial charge is 0.506 e. The number of aliphatic hydroxyl groups is 1. The van der Waals surface area contributed by atoms with Crippen LogP contribution in [0.2, 0.25) is 5.02 Å². The van der Waals surface area contributed by atoms with E-state index >= 15 is 0 Å². The maximum Gasteiger partial charge on any atom is 0.248 e. The lowest BCUT2D eigenvalue weighted by Gasteiger charge is -2.15. The Balaban J connectivity index is 1.16. The molecule has 0 aliphatic carbocycles. The number of rotatable bonds is 11. The maximum atomic E-state index is 11.6. The monoisotopic (exact) mass is 569 g/mol. The van der Waals surface area contributed by atoms with Gasteiger partial charge in [0, 0.05) is 40.0 Å². The molecule has 0 amide bonds. The number of pyridine rings is 1. The van der Waals surface area contributed by atoms with Crippen molar-refractivity contribution < 1.29 is 14.9 Å². The molecule has 1 atom stereocenters. The molecule has 210 valence electrons. The molecule has 4 aromatic carbocycles. The fourth-order valence-corrected chi connectivity index (χ4v) is 5.00. The maximum absolute atomic E-state index is 11.6. The first-order valence-corrected chi connectivity index (χ1v) is 13.9. The summed E-state index contributed by atoms with van der Waals surface area (Å²) in [7, 11) is 0. The van der Waals surface area contributed by atoms with Crippen LogP contribution in [-0.4, -0.2) is 34.9 Å². The third-order valence-corrected chi connectivity index (χ3v) is 7.09. The molecule has 0 saturated carbocycles. The Hall–Kier alpha value is -4.30. The van der Waals surface area contributed by atoms with Gasteiger partial charge in [-0.15, -0.1) is 0 Å². The van der Waals surface area contributed by atoms with Crippen LogP contribution < -0.4 is 20.9 Å². The fourth-order valence-electron chi connectivity index (χ4n) is 4.83. The van der Waals surface area contributed by atoms with Crippen molar-refractivity contribution in [2.45, 2.75) is 19.4 Å². The van der Waals surface area contributed by atoms with Crippen LogP contribution >= 0.6 is 11.6 Å². The predicted octanol–water partition coefficient (Wildman–Crippen LogP) is 6.56. The van der Waals surface area contributed by atoms with Crippen molar-refractivity contribution in [3.8, 4) is 22.6 Å². The SMILES string of the molecule is CCOc1ccc(Cl)cc1-c1cccc(Nc2ccc(CCNC[C@H](O)c3ccc(O)c4[nH]c(=O)ccc34)cc2)c1. The van der Waals surface area contributed by atoms with E-state index < -0.39 is 6.10 Å². The standard InChI is InChI=1S/C33H32ClN3O4/c1-2-41-31-14-8-23(34)19-28(31)22-4-3-5-25(18-22)36-24-9-6-21(7-10-24)16-17-35-20-30(39)26-11-13-29(38)33-27(26)12-15-32(40)37-33/h3-15,18-19,30,35-36,38-39H,2,16-17,20H2,1H3,(H,37,40)/t30-/m0/s1. The highest BCUT2D eigenvalue weighted by Gasteiger charge is 2.14. The van der Waals surface area contributed by atoms with Gasteiger partial charge in [0.2, 0.25) is 5.56 Å². The Morgan fingerprint density at radius 1 is 0.951 bits per heavy atom. The van der Waals surface area contributed by atoms with Gasteiger partial charge in [0.15, 0.2) is 0 Å². The summed E-state index contributed by atoms with van der Waals surface area (Å²) >= 11 is 6.26. The number of phenolic OH excluding ortho intramolecular Hbond substituents is 1. The van der Waals surface area contributed by atoms with Crippen LogP contribution in [0, 0.1) is 0 Å². The molecular formula is C33H32ClN3O4. The van der Waals surface area contributed by atoms with Crippen molar-refractivity contribution in [3.63, 3.8) is 0 Å². The molecule has 8 heteroatoms. The van der Waals surface area contributed by atoms with Crippen molar-refractivity contribution >= 4 is 33.9 Å². The van der Waals surface area contributed by atoms with Crippen LogP contribution in [0.5, 0.6) is 11.5 Å².